The van der Waals surface area contributed by atoms with Gasteiger partial charge >= 0.3 is 6.01 Å². The third-order valence-electron chi connectivity index (χ3n) is 3.10. The van der Waals surface area contributed by atoms with Crippen molar-refractivity contribution in [2.45, 2.75) is 32.2 Å². The molecule has 1 aliphatic heterocycles. The number of anilines is 1. The molecule has 1 aromatic heterocycles. The van der Waals surface area contributed by atoms with E-state index in [-0.39, 0.29) is 0 Å². The van der Waals surface area contributed by atoms with E-state index in [1.165, 1.54) is 0 Å². The molecule has 17 heavy (non-hydrogen) atoms. The maximum absolute atomic E-state index is 5.61. The summed E-state index contributed by atoms with van der Waals surface area (Å²) in [5.41, 5.74) is 0. The van der Waals surface area contributed by atoms with E-state index >= 15 is 0 Å². The maximum atomic E-state index is 5.61. The molecule has 0 bridgehead atoms. The van der Waals surface area contributed by atoms with Crippen LogP contribution in [0.5, 0.6) is 0 Å². The minimum Gasteiger partial charge on any atom is -0.408 e. The summed E-state index contributed by atoms with van der Waals surface area (Å²) in [4.78, 5) is 0. The zero-order chi connectivity index (χ0) is 12.1. The van der Waals surface area contributed by atoms with Crippen LogP contribution in [-0.2, 0) is 11.2 Å². The number of rotatable bonds is 5. The topological polar surface area (TPSA) is 60.2 Å². The molecule has 2 rings (SSSR count). The van der Waals surface area contributed by atoms with E-state index in [2.05, 4.69) is 22.4 Å². The van der Waals surface area contributed by atoms with Gasteiger partial charge in [0.25, 0.3) is 0 Å². The van der Waals surface area contributed by atoms with Crippen LogP contribution >= 0.6 is 11.6 Å². The first-order valence-corrected chi connectivity index (χ1v) is 6.55. The van der Waals surface area contributed by atoms with Gasteiger partial charge in [-0.3, -0.25) is 0 Å². The number of halogens is 1. The molecule has 6 heteroatoms. The zero-order valence-corrected chi connectivity index (χ0v) is 10.7. The Morgan fingerprint density at radius 3 is 2.88 bits per heavy atom. The highest BCUT2D eigenvalue weighted by Gasteiger charge is 2.21. The van der Waals surface area contributed by atoms with Crippen molar-refractivity contribution in [2.75, 3.05) is 24.4 Å². The Bertz CT molecular complexity index is 339. The van der Waals surface area contributed by atoms with Crippen molar-refractivity contribution in [3.8, 4) is 0 Å². The van der Waals surface area contributed by atoms with Crippen molar-refractivity contribution in [2.24, 2.45) is 5.92 Å². The van der Waals surface area contributed by atoms with Crippen LogP contribution in [0.4, 0.5) is 6.01 Å². The average Bonchev–Trinajstić information content (AvgIpc) is 2.78. The quantitative estimate of drug-likeness (QED) is 0.821. The zero-order valence-electron chi connectivity index (χ0n) is 9.99. The average molecular weight is 260 g/mol. The highest BCUT2D eigenvalue weighted by atomic mass is 35.5. The second-order valence-corrected chi connectivity index (χ2v) is 4.70. The molecule has 1 aliphatic rings. The van der Waals surface area contributed by atoms with Crippen molar-refractivity contribution in [1.82, 2.24) is 10.2 Å². The standard InChI is InChI=1S/C11H18ClN3O2/c1-8(9-3-6-16-7-4-9)13-11-15-14-10(17-11)2-5-12/h8-9H,2-7H2,1H3,(H,13,15). The van der Waals surface area contributed by atoms with E-state index < -0.39 is 0 Å². The van der Waals surface area contributed by atoms with E-state index in [1.54, 1.807) is 0 Å². The molecule has 0 aliphatic carbocycles. The maximum Gasteiger partial charge on any atom is 0.315 e. The predicted octanol–water partition coefficient (Wildman–Crippen LogP) is 2.08. The lowest BCUT2D eigenvalue weighted by Gasteiger charge is -2.27. The Labute approximate surface area is 106 Å². The third kappa shape index (κ3) is 3.57. The highest BCUT2D eigenvalue weighted by Crippen LogP contribution is 2.21. The molecule has 2 heterocycles. The van der Waals surface area contributed by atoms with E-state index in [9.17, 15) is 0 Å². The van der Waals surface area contributed by atoms with Crippen LogP contribution in [0, 0.1) is 5.92 Å². The van der Waals surface area contributed by atoms with Crippen LogP contribution in [0.3, 0.4) is 0 Å². The summed E-state index contributed by atoms with van der Waals surface area (Å²) < 4.78 is 10.8. The van der Waals surface area contributed by atoms with Crippen LogP contribution < -0.4 is 5.32 Å². The molecule has 0 amide bonds. The SMILES string of the molecule is CC(Nc1nnc(CCCl)o1)C1CCOCC1. The van der Waals surface area contributed by atoms with Gasteiger partial charge < -0.3 is 14.5 Å². The fourth-order valence-corrected chi connectivity index (χ4v) is 2.18. The first kappa shape index (κ1) is 12.6. The van der Waals surface area contributed by atoms with E-state index in [0.29, 0.717) is 36.2 Å². The summed E-state index contributed by atoms with van der Waals surface area (Å²) in [6, 6.07) is 0.812. The summed E-state index contributed by atoms with van der Waals surface area (Å²) in [7, 11) is 0. The van der Waals surface area contributed by atoms with Gasteiger partial charge in [-0.25, -0.2) is 0 Å². The minimum absolute atomic E-state index is 0.322. The largest absolute Gasteiger partial charge is 0.408 e. The second-order valence-electron chi connectivity index (χ2n) is 4.32. The second kappa shape index (κ2) is 6.21. The normalized spacial score (nSPS) is 19.2. The van der Waals surface area contributed by atoms with E-state index in [1.807, 2.05) is 0 Å². The number of aromatic nitrogens is 2. The van der Waals surface area contributed by atoms with Gasteiger partial charge in [0.1, 0.15) is 0 Å². The van der Waals surface area contributed by atoms with Gasteiger partial charge in [0.2, 0.25) is 5.89 Å². The van der Waals surface area contributed by atoms with Crippen molar-refractivity contribution in [3.63, 3.8) is 0 Å². The first-order valence-electron chi connectivity index (χ1n) is 6.02. The van der Waals surface area contributed by atoms with Crippen LogP contribution in [0.2, 0.25) is 0 Å². The molecule has 1 fully saturated rings. The van der Waals surface area contributed by atoms with Crippen LogP contribution in [-0.4, -0.2) is 35.3 Å². The van der Waals surface area contributed by atoms with Crippen LogP contribution in [0.1, 0.15) is 25.7 Å². The fraction of sp³-hybridized carbons (Fsp3) is 0.818. The summed E-state index contributed by atoms with van der Waals surface area (Å²) >= 11 is 5.61. The predicted molar refractivity (Wildman–Crippen MR) is 65.3 cm³/mol. The Morgan fingerprint density at radius 2 is 2.18 bits per heavy atom. The molecule has 0 radical (unpaired) electrons. The van der Waals surface area contributed by atoms with Crippen molar-refractivity contribution < 1.29 is 9.15 Å². The third-order valence-corrected chi connectivity index (χ3v) is 3.29. The molecule has 0 aromatic carbocycles. The van der Waals surface area contributed by atoms with E-state index in [0.717, 1.165) is 26.1 Å². The Kier molecular flexibility index (Phi) is 4.62. The molecule has 0 spiro atoms. The van der Waals surface area contributed by atoms with Gasteiger partial charge in [0.15, 0.2) is 0 Å². The molecule has 5 nitrogen and oxygen atoms in total. The molecule has 1 aromatic rings. The number of nitrogens with one attached hydrogen (secondary N) is 1. The van der Waals surface area contributed by atoms with Crippen molar-refractivity contribution in [3.05, 3.63) is 5.89 Å². The van der Waals surface area contributed by atoms with Gasteiger partial charge in [0.05, 0.1) is 0 Å². The van der Waals surface area contributed by atoms with Crippen molar-refractivity contribution >= 4 is 17.6 Å². The molecule has 96 valence electrons. The molecule has 1 atom stereocenters. The smallest absolute Gasteiger partial charge is 0.315 e. The summed E-state index contributed by atoms with van der Waals surface area (Å²) in [6.07, 6.45) is 2.77. The highest BCUT2D eigenvalue weighted by molar-refractivity contribution is 6.17. The lowest BCUT2D eigenvalue weighted by molar-refractivity contribution is 0.0620. The number of alkyl halides is 1. The molecule has 0 saturated carbocycles. The van der Waals surface area contributed by atoms with Gasteiger partial charge in [-0.1, -0.05) is 5.10 Å². The number of hydrogen-bond acceptors (Lipinski definition) is 5. The number of hydrogen-bond donors (Lipinski definition) is 1. The Balaban J connectivity index is 1.85. The fourth-order valence-electron chi connectivity index (χ4n) is 2.02. The molecule has 1 unspecified atom stereocenters. The number of ether oxygens (including phenoxy) is 1. The monoisotopic (exact) mass is 259 g/mol. The van der Waals surface area contributed by atoms with Crippen LogP contribution in [0.25, 0.3) is 0 Å². The lowest BCUT2D eigenvalue weighted by Crippen LogP contribution is -2.31. The number of aryl methyl sites for hydroxylation is 1. The van der Waals surface area contributed by atoms with Gasteiger partial charge in [-0.05, 0) is 25.7 Å². The summed E-state index contributed by atoms with van der Waals surface area (Å²) in [5, 5.41) is 11.1. The lowest BCUT2D eigenvalue weighted by atomic mass is 9.93. The summed E-state index contributed by atoms with van der Waals surface area (Å²) in [6.45, 7) is 3.83. The molecule has 1 saturated heterocycles. The molecular formula is C11H18ClN3O2. The van der Waals surface area contributed by atoms with Crippen LogP contribution in [0.15, 0.2) is 4.42 Å². The molecular weight excluding hydrogens is 242 g/mol. The Hall–Kier alpha value is -0.810. The minimum atomic E-state index is 0.322. The Morgan fingerprint density at radius 1 is 1.41 bits per heavy atom. The van der Waals surface area contributed by atoms with Gasteiger partial charge in [-0.15, -0.1) is 16.7 Å². The van der Waals surface area contributed by atoms with Crippen molar-refractivity contribution in [1.29, 1.82) is 0 Å². The number of nitrogens with zero attached hydrogens (tertiary/aromatic N) is 2. The van der Waals surface area contributed by atoms with Gasteiger partial charge in [0, 0.05) is 31.6 Å². The van der Waals surface area contributed by atoms with Gasteiger partial charge in [-0.2, -0.15) is 0 Å². The summed E-state index contributed by atoms with van der Waals surface area (Å²) in [5.74, 6) is 1.69. The molecule has 1 N–H and O–H groups in total. The van der Waals surface area contributed by atoms with E-state index in [4.69, 9.17) is 20.8 Å². The first-order chi connectivity index (χ1) is 8.29.